The fraction of sp³-hybridized carbons (Fsp3) is 0.462. The lowest BCUT2D eigenvalue weighted by Crippen LogP contribution is -2.29. The van der Waals surface area contributed by atoms with Crippen molar-refractivity contribution in [3.05, 3.63) is 41.1 Å². The van der Waals surface area contributed by atoms with Crippen LogP contribution in [-0.2, 0) is 6.42 Å². The molecular weight excluding hydrogens is 264 g/mol. The van der Waals surface area contributed by atoms with Crippen LogP contribution in [0.25, 0.3) is 0 Å². The maximum Gasteiger partial charge on any atom is 0.193 e. The van der Waals surface area contributed by atoms with Gasteiger partial charge in [-0.1, -0.05) is 6.92 Å². The van der Waals surface area contributed by atoms with E-state index in [0.29, 0.717) is 23.4 Å². The average molecular weight is 283 g/mol. The summed E-state index contributed by atoms with van der Waals surface area (Å²) in [6.45, 7) is 4.28. The molecule has 0 saturated carbocycles. The predicted octanol–water partition coefficient (Wildman–Crippen LogP) is 2.85. The second kappa shape index (κ2) is 6.23. The van der Waals surface area contributed by atoms with E-state index < -0.39 is 0 Å². The van der Waals surface area contributed by atoms with Crippen molar-refractivity contribution in [1.29, 1.82) is 0 Å². The van der Waals surface area contributed by atoms with E-state index in [4.69, 9.17) is 21.9 Å². The molecule has 0 saturated heterocycles. The van der Waals surface area contributed by atoms with Gasteiger partial charge in [0.05, 0.1) is 11.7 Å². The zero-order chi connectivity index (χ0) is 13.8. The number of nitrogens with zero attached hydrogens (tertiary/aromatic N) is 2. The molecule has 2 heterocycles. The van der Waals surface area contributed by atoms with Crippen LogP contribution in [0.3, 0.4) is 0 Å². The quantitative estimate of drug-likeness (QED) is 0.631. The van der Waals surface area contributed by atoms with Gasteiger partial charge >= 0.3 is 0 Å². The number of aromatic nitrogens is 2. The smallest absolute Gasteiger partial charge is 0.193 e. The molecule has 2 rings (SSSR count). The minimum absolute atomic E-state index is 0.132. The highest BCUT2D eigenvalue weighted by molar-refractivity contribution is 6.28. The molecule has 0 aliphatic rings. The van der Waals surface area contributed by atoms with E-state index in [1.54, 1.807) is 6.07 Å². The lowest BCUT2D eigenvalue weighted by Gasteiger charge is -2.12. The van der Waals surface area contributed by atoms with Crippen molar-refractivity contribution in [2.24, 2.45) is 5.84 Å². The number of halogens is 1. The van der Waals surface area contributed by atoms with Crippen molar-refractivity contribution in [1.82, 2.24) is 15.2 Å². The predicted molar refractivity (Wildman–Crippen MR) is 74.7 cm³/mol. The van der Waals surface area contributed by atoms with Crippen molar-refractivity contribution in [2.45, 2.75) is 38.8 Å². The summed E-state index contributed by atoms with van der Waals surface area (Å²) in [7, 11) is 0. The first-order chi connectivity index (χ1) is 9.13. The van der Waals surface area contributed by atoms with Gasteiger partial charge in [0.1, 0.15) is 5.76 Å². The maximum absolute atomic E-state index is 5.77. The number of nitrogens with one attached hydrogen (secondary N) is 1. The molecule has 6 heteroatoms. The summed E-state index contributed by atoms with van der Waals surface area (Å²) in [5.74, 6) is 6.28. The average Bonchev–Trinajstić information content (AvgIpc) is 3.04. The Hall–Kier alpha value is -1.30. The molecule has 0 radical (unpaired) electrons. The molecular formula is C13H19ClN4O. The molecule has 3 N–H and O–H groups in total. The van der Waals surface area contributed by atoms with Crippen molar-refractivity contribution >= 4 is 11.6 Å². The van der Waals surface area contributed by atoms with E-state index in [1.165, 1.54) is 0 Å². The number of hydrogen-bond donors (Lipinski definition) is 2. The molecule has 0 aliphatic heterocycles. The van der Waals surface area contributed by atoms with Crippen LogP contribution in [0.5, 0.6) is 0 Å². The second-order valence-corrected chi connectivity index (χ2v) is 4.98. The Morgan fingerprint density at radius 2 is 2.26 bits per heavy atom. The number of hydrogen-bond acceptors (Lipinski definition) is 4. The van der Waals surface area contributed by atoms with Crippen molar-refractivity contribution in [3.63, 3.8) is 0 Å². The molecule has 0 spiro atoms. The largest absolute Gasteiger partial charge is 0.448 e. The molecule has 5 nitrogen and oxygen atoms in total. The zero-order valence-corrected chi connectivity index (χ0v) is 11.9. The lowest BCUT2D eigenvalue weighted by atomic mass is 10.1. The Balaban J connectivity index is 2.08. The Bertz CT molecular complexity index is 522. The molecule has 0 fully saturated rings. The fourth-order valence-electron chi connectivity index (χ4n) is 1.89. The molecule has 2 aromatic rings. The van der Waals surface area contributed by atoms with Gasteiger partial charge in [0.25, 0.3) is 0 Å². The monoisotopic (exact) mass is 282 g/mol. The third-order valence-electron chi connectivity index (χ3n) is 3.26. The van der Waals surface area contributed by atoms with Crippen LogP contribution in [0.1, 0.15) is 43.8 Å². The lowest BCUT2D eigenvalue weighted by molar-refractivity contribution is 0.410. The molecule has 104 valence electrons. The molecule has 2 aromatic heterocycles. The summed E-state index contributed by atoms with van der Waals surface area (Å²) in [6.07, 6.45) is 3.70. The Kier molecular flexibility index (Phi) is 4.63. The first-order valence-electron chi connectivity index (χ1n) is 6.39. The van der Waals surface area contributed by atoms with Gasteiger partial charge in [-0.25, -0.2) is 5.43 Å². The third-order valence-corrected chi connectivity index (χ3v) is 3.46. The topological polar surface area (TPSA) is 69.0 Å². The van der Waals surface area contributed by atoms with Crippen molar-refractivity contribution < 1.29 is 4.42 Å². The number of furan rings is 1. The Morgan fingerprint density at radius 1 is 1.47 bits per heavy atom. The minimum atomic E-state index is -0.132. The molecule has 19 heavy (non-hydrogen) atoms. The van der Waals surface area contributed by atoms with E-state index in [2.05, 4.69) is 24.4 Å². The van der Waals surface area contributed by atoms with Crippen LogP contribution >= 0.6 is 11.6 Å². The van der Waals surface area contributed by atoms with Gasteiger partial charge in [-0.2, -0.15) is 5.10 Å². The molecule has 0 bridgehead atoms. The number of rotatable bonds is 6. The number of hydrazine groups is 1. The summed E-state index contributed by atoms with van der Waals surface area (Å²) in [5.41, 5.74) is 3.70. The van der Waals surface area contributed by atoms with Gasteiger partial charge in [0.2, 0.25) is 0 Å². The van der Waals surface area contributed by atoms with Gasteiger partial charge in [0, 0.05) is 18.7 Å². The molecule has 2 atom stereocenters. The van der Waals surface area contributed by atoms with E-state index >= 15 is 0 Å². The molecule has 0 amide bonds. The van der Waals surface area contributed by atoms with E-state index in [1.807, 2.05) is 23.0 Å². The highest BCUT2D eigenvalue weighted by Gasteiger charge is 2.16. The van der Waals surface area contributed by atoms with Gasteiger partial charge in [-0.3, -0.25) is 10.5 Å². The molecule has 2 unspecified atom stereocenters. The number of nitrogens with two attached hydrogens (primary N) is 1. The van der Waals surface area contributed by atoms with E-state index in [9.17, 15) is 0 Å². The highest BCUT2D eigenvalue weighted by Crippen LogP contribution is 2.22. The zero-order valence-electron chi connectivity index (χ0n) is 11.1. The van der Waals surface area contributed by atoms with Crippen molar-refractivity contribution in [2.75, 3.05) is 0 Å². The first kappa shape index (κ1) is 14.1. The Labute approximate surface area is 117 Å². The molecule has 0 aliphatic carbocycles. The standard InChI is InChI=1S/C13H19ClN4O/c1-3-9(2)18-7-6-10(17-18)8-11(16-15)12-4-5-13(14)19-12/h4-7,9,11,16H,3,8,15H2,1-2H3. The first-order valence-corrected chi connectivity index (χ1v) is 6.77. The van der Waals surface area contributed by atoms with Gasteiger partial charge in [-0.15, -0.1) is 0 Å². The van der Waals surface area contributed by atoms with Crippen molar-refractivity contribution in [3.8, 4) is 0 Å². The van der Waals surface area contributed by atoms with Crippen LogP contribution in [0.15, 0.2) is 28.8 Å². The van der Waals surface area contributed by atoms with E-state index in [0.717, 1.165) is 12.1 Å². The molecule has 0 aromatic carbocycles. The van der Waals surface area contributed by atoms with Gasteiger partial charge in [0.15, 0.2) is 5.22 Å². The summed E-state index contributed by atoms with van der Waals surface area (Å²) < 4.78 is 7.34. The summed E-state index contributed by atoms with van der Waals surface area (Å²) in [6, 6.07) is 5.79. The highest BCUT2D eigenvalue weighted by atomic mass is 35.5. The van der Waals surface area contributed by atoms with Gasteiger partial charge in [-0.05, 0) is 43.1 Å². The Morgan fingerprint density at radius 3 is 2.84 bits per heavy atom. The SMILES string of the molecule is CCC(C)n1ccc(CC(NN)c2ccc(Cl)o2)n1. The second-order valence-electron chi connectivity index (χ2n) is 4.61. The van der Waals surface area contributed by atoms with Crippen LogP contribution in [0, 0.1) is 0 Å². The summed E-state index contributed by atoms with van der Waals surface area (Å²) >= 11 is 5.77. The third kappa shape index (κ3) is 3.37. The fourth-order valence-corrected chi connectivity index (χ4v) is 2.04. The minimum Gasteiger partial charge on any atom is -0.448 e. The van der Waals surface area contributed by atoms with E-state index in [-0.39, 0.29) is 6.04 Å². The summed E-state index contributed by atoms with van der Waals surface area (Å²) in [4.78, 5) is 0. The van der Waals surface area contributed by atoms with Crippen LogP contribution in [-0.4, -0.2) is 9.78 Å². The van der Waals surface area contributed by atoms with Crippen LogP contribution in [0.4, 0.5) is 0 Å². The van der Waals surface area contributed by atoms with Crippen LogP contribution < -0.4 is 11.3 Å². The normalized spacial score (nSPS) is 14.5. The maximum atomic E-state index is 5.77. The van der Waals surface area contributed by atoms with Gasteiger partial charge < -0.3 is 4.42 Å². The summed E-state index contributed by atoms with van der Waals surface area (Å²) in [5, 5.41) is 4.91. The van der Waals surface area contributed by atoms with Crippen LogP contribution in [0.2, 0.25) is 5.22 Å².